The third-order valence-electron chi connectivity index (χ3n) is 1.67. The highest BCUT2D eigenvalue weighted by Crippen LogP contribution is 2.23. The van der Waals surface area contributed by atoms with Crippen LogP contribution >= 0.6 is 15.9 Å². The van der Waals surface area contributed by atoms with Crippen molar-refractivity contribution < 1.29 is 9.18 Å². The average Bonchev–Trinajstić information content (AvgIpc) is 2.17. The van der Waals surface area contributed by atoms with E-state index in [2.05, 4.69) is 15.9 Å². The van der Waals surface area contributed by atoms with Crippen LogP contribution in [-0.4, -0.2) is 11.1 Å². The minimum atomic E-state index is -0.731. The highest BCUT2D eigenvalue weighted by atomic mass is 79.9. The first-order valence-electron chi connectivity index (χ1n) is 3.66. The summed E-state index contributed by atoms with van der Waals surface area (Å²) in [6, 6.07) is 2.04. The molecule has 76 valence electrons. The van der Waals surface area contributed by atoms with E-state index < -0.39 is 11.6 Å². The van der Waals surface area contributed by atoms with Gasteiger partial charge < -0.3 is 16.4 Å². The maximum absolute atomic E-state index is 13.2. The van der Waals surface area contributed by atoms with Gasteiger partial charge in [0.25, 0.3) is 0 Å². The predicted octanol–water partition coefficient (Wildman–Crippen LogP) is 1.90. The lowest BCUT2D eigenvalue weighted by atomic mass is 10.1. The van der Waals surface area contributed by atoms with Crippen LogP contribution < -0.4 is 11.2 Å². The minimum absolute atomic E-state index is 0.00398. The Labute approximate surface area is 88.0 Å². The normalized spacial score (nSPS) is 9.93. The number of rotatable bonds is 3. The number of nitrogens with one attached hydrogen (secondary N) is 1. The molecular formula is C8H7BrFN2O2-. The quantitative estimate of drug-likeness (QED) is 0.377. The van der Waals surface area contributed by atoms with E-state index in [0.717, 1.165) is 12.1 Å². The number of carbonyl (C=O) groups is 1. The molecule has 0 bridgehead atoms. The van der Waals surface area contributed by atoms with Crippen molar-refractivity contribution in [1.82, 2.24) is 0 Å². The second-order valence-electron chi connectivity index (χ2n) is 2.58. The minimum Gasteiger partial charge on any atom is -0.761 e. The van der Waals surface area contributed by atoms with Gasteiger partial charge in [-0.1, -0.05) is 15.9 Å². The Balaban J connectivity index is 3.24. The fourth-order valence-electron chi connectivity index (χ4n) is 0.963. The number of ketones is 1. The van der Waals surface area contributed by atoms with Crippen molar-refractivity contribution in [3.8, 4) is 0 Å². The molecule has 3 N–H and O–H groups in total. The van der Waals surface area contributed by atoms with Gasteiger partial charge in [-0.15, -0.1) is 0 Å². The van der Waals surface area contributed by atoms with Gasteiger partial charge in [-0.3, -0.25) is 4.79 Å². The molecule has 14 heavy (non-hydrogen) atoms. The first-order valence-corrected chi connectivity index (χ1v) is 4.78. The zero-order chi connectivity index (χ0) is 10.7. The van der Waals surface area contributed by atoms with Crippen LogP contribution in [0.2, 0.25) is 0 Å². The van der Waals surface area contributed by atoms with Crippen molar-refractivity contribution >= 4 is 33.1 Å². The maximum Gasteiger partial charge on any atom is 0.176 e. The van der Waals surface area contributed by atoms with Gasteiger partial charge in [0.15, 0.2) is 5.78 Å². The standard InChI is InChI=1S/C8H7BrFN2O2/c9-3-8(13)4-1-7(12-14)6(11)2-5(4)10/h1-2,12H,3,11H2/q-1. The Morgan fingerprint density at radius 3 is 2.79 bits per heavy atom. The molecule has 0 amide bonds. The van der Waals surface area contributed by atoms with E-state index in [0.29, 0.717) is 0 Å². The molecule has 0 heterocycles. The fourth-order valence-corrected chi connectivity index (χ4v) is 1.26. The molecule has 0 unspecified atom stereocenters. The Kier molecular flexibility index (Phi) is 3.43. The molecule has 0 saturated carbocycles. The van der Waals surface area contributed by atoms with E-state index in [-0.39, 0.29) is 22.3 Å². The number of nitrogens with two attached hydrogens (primary N) is 1. The van der Waals surface area contributed by atoms with Crippen molar-refractivity contribution in [2.24, 2.45) is 0 Å². The first kappa shape index (κ1) is 10.9. The molecule has 0 atom stereocenters. The lowest BCUT2D eigenvalue weighted by molar-refractivity contribution is 0.102. The summed E-state index contributed by atoms with van der Waals surface area (Å²) in [6.07, 6.45) is 0. The topological polar surface area (TPSA) is 78.2 Å². The lowest BCUT2D eigenvalue weighted by Gasteiger charge is -2.13. The average molecular weight is 262 g/mol. The SMILES string of the molecule is Nc1cc(F)c(C(=O)CBr)cc1N[O-]. The summed E-state index contributed by atoms with van der Waals surface area (Å²) in [5, 5.41) is 10.3. The summed E-state index contributed by atoms with van der Waals surface area (Å²) in [5.41, 5.74) is 6.66. The number of Topliss-reactive ketones (excluding diaryl/α,β-unsaturated/α-hetero) is 1. The number of carbonyl (C=O) groups excluding carboxylic acids is 1. The van der Waals surface area contributed by atoms with Gasteiger partial charge in [0, 0.05) is 5.69 Å². The third-order valence-corrected chi connectivity index (χ3v) is 2.18. The van der Waals surface area contributed by atoms with Crippen molar-refractivity contribution in [2.75, 3.05) is 16.5 Å². The van der Waals surface area contributed by atoms with Gasteiger partial charge in [0.2, 0.25) is 0 Å². The number of benzene rings is 1. The van der Waals surface area contributed by atoms with E-state index >= 15 is 0 Å². The van der Waals surface area contributed by atoms with E-state index in [4.69, 9.17) is 5.73 Å². The third kappa shape index (κ3) is 2.02. The van der Waals surface area contributed by atoms with Crippen LogP contribution in [0.25, 0.3) is 0 Å². The van der Waals surface area contributed by atoms with Crippen molar-refractivity contribution in [1.29, 1.82) is 0 Å². The Hall–Kier alpha value is -1.14. The summed E-state index contributed by atoms with van der Waals surface area (Å²) in [5.74, 6) is -1.18. The van der Waals surface area contributed by atoms with E-state index in [1.807, 2.05) is 0 Å². The molecule has 0 spiro atoms. The fraction of sp³-hybridized carbons (Fsp3) is 0.125. The van der Waals surface area contributed by atoms with Gasteiger partial charge in [0.1, 0.15) is 5.82 Å². The molecule has 0 aromatic heterocycles. The number of nitrogen functional groups attached to an aromatic ring is 1. The number of hydrogen-bond donors (Lipinski definition) is 2. The monoisotopic (exact) mass is 261 g/mol. The zero-order valence-electron chi connectivity index (χ0n) is 7.01. The van der Waals surface area contributed by atoms with Crippen LogP contribution in [0.15, 0.2) is 12.1 Å². The molecule has 0 radical (unpaired) electrons. The van der Waals surface area contributed by atoms with Crippen LogP contribution in [0.4, 0.5) is 15.8 Å². The maximum atomic E-state index is 13.2. The highest BCUT2D eigenvalue weighted by Gasteiger charge is 2.12. The molecule has 0 saturated heterocycles. The van der Waals surface area contributed by atoms with Gasteiger partial charge in [-0.2, -0.15) is 0 Å². The molecule has 1 aromatic rings. The highest BCUT2D eigenvalue weighted by molar-refractivity contribution is 9.09. The molecule has 0 aliphatic rings. The summed E-state index contributed by atoms with van der Waals surface area (Å²) in [7, 11) is 0. The first-order chi connectivity index (χ1) is 6.60. The van der Waals surface area contributed by atoms with Gasteiger partial charge in [-0.05, 0) is 12.1 Å². The van der Waals surface area contributed by atoms with E-state index in [9.17, 15) is 14.4 Å². The van der Waals surface area contributed by atoms with E-state index in [1.165, 1.54) is 5.48 Å². The smallest absolute Gasteiger partial charge is 0.176 e. The van der Waals surface area contributed by atoms with Crippen molar-refractivity contribution in [3.05, 3.63) is 28.7 Å². The molecule has 1 rings (SSSR count). The lowest BCUT2D eigenvalue weighted by Crippen LogP contribution is -2.06. The largest absolute Gasteiger partial charge is 0.761 e. The van der Waals surface area contributed by atoms with Crippen molar-refractivity contribution in [2.45, 2.75) is 0 Å². The van der Waals surface area contributed by atoms with Crippen molar-refractivity contribution in [3.63, 3.8) is 0 Å². The van der Waals surface area contributed by atoms with Crippen LogP contribution in [0.1, 0.15) is 10.4 Å². The second kappa shape index (κ2) is 4.39. The Bertz CT molecular complexity index is 371. The molecule has 0 fully saturated rings. The number of anilines is 2. The Morgan fingerprint density at radius 1 is 1.64 bits per heavy atom. The molecule has 0 aliphatic carbocycles. The van der Waals surface area contributed by atoms with Gasteiger partial charge in [-0.25, -0.2) is 4.39 Å². The number of alkyl halides is 1. The van der Waals surface area contributed by atoms with E-state index in [1.54, 1.807) is 0 Å². The van der Waals surface area contributed by atoms with Crippen LogP contribution in [-0.2, 0) is 0 Å². The molecular weight excluding hydrogens is 255 g/mol. The summed E-state index contributed by atoms with van der Waals surface area (Å²) < 4.78 is 13.2. The molecule has 4 nitrogen and oxygen atoms in total. The van der Waals surface area contributed by atoms with Crippen LogP contribution in [0.5, 0.6) is 0 Å². The van der Waals surface area contributed by atoms with Crippen LogP contribution in [0.3, 0.4) is 0 Å². The zero-order valence-corrected chi connectivity index (χ0v) is 8.60. The Morgan fingerprint density at radius 2 is 2.29 bits per heavy atom. The predicted molar refractivity (Wildman–Crippen MR) is 55.9 cm³/mol. The summed E-state index contributed by atoms with van der Waals surface area (Å²) >= 11 is 2.90. The van der Waals surface area contributed by atoms with Gasteiger partial charge in [0.05, 0.1) is 16.6 Å². The summed E-state index contributed by atoms with van der Waals surface area (Å²) in [4.78, 5) is 11.2. The molecule has 0 aliphatic heterocycles. The van der Waals surface area contributed by atoms with Gasteiger partial charge >= 0.3 is 0 Å². The number of halogens is 2. The number of hydrogen-bond acceptors (Lipinski definition) is 4. The van der Waals surface area contributed by atoms with Crippen LogP contribution in [0, 0.1) is 11.0 Å². The summed E-state index contributed by atoms with van der Waals surface area (Å²) in [6.45, 7) is 0. The molecule has 6 heteroatoms. The second-order valence-corrected chi connectivity index (χ2v) is 3.14. The molecule has 1 aromatic carbocycles.